The Bertz CT molecular complexity index is 1110. The van der Waals surface area contributed by atoms with Crippen LogP contribution < -0.4 is 9.62 Å². The van der Waals surface area contributed by atoms with Gasteiger partial charge in [-0.05, 0) is 73.6 Å². The lowest BCUT2D eigenvalue weighted by molar-refractivity contribution is 0.0734. The summed E-state index contributed by atoms with van der Waals surface area (Å²) in [6.07, 6.45) is 6.23. The first-order valence-corrected chi connectivity index (χ1v) is 13.0. The van der Waals surface area contributed by atoms with Gasteiger partial charge in [0.15, 0.2) is 0 Å². The first-order chi connectivity index (χ1) is 15.8. The highest BCUT2D eigenvalue weighted by Gasteiger charge is 2.25. The smallest absolute Gasteiger partial charge is 0.279 e. The summed E-state index contributed by atoms with van der Waals surface area (Å²) in [5.41, 5.74) is 5.65. The number of aromatic nitrogens is 1. The summed E-state index contributed by atoms with van der Waals surface area (Å²) in [7, 11) is -0.531. The third-order valence-electron chi connectivity index (χ3n) is 6.63. The van der Waals surface area contributed by atoms with E-state index in [9.17, 15) is 13.2 Å². The average molecular weight is 472 g/mol. The van der Waals surface area contributed by atoms with Crippen LogP contribution in [-0.2, 0) is 29.7 Å². The van der Waals surface area contributed by atoms with Crippen molar-refractivity contribution in [1.82, 2.24) is 18.9 Å². The van der Waals surface area contributed by atoms with Crippen LogP contribution in [0.2, 0.25) is 0 Å². The fourth-order valence-electron chi connectivity index (χ4n) is 4.57. The molecule has 9 heteroatoms. The Kier molecular flexibility index (Phi) is 7.02. The monoisotopic (exact) mass is 471 g/mol. The fraction of sp³-hybridized carbons (Fsp3) is 0.500. The molecule has 2 aliphatic heterocycles. The number of amides is 1. The van der Waals surface area contributed by atoms with Gasteiger partial charge in [-0.1, -0.05) is 0 Å². The molecule has 0 bridgehead atoms. The molecule has 2 aromatic rings. The Morgan fingerprint density at radius 1 is 1.09 bits per heavy atom. The predicted molar refractivity (Wildman–Crippen MR) is 129 cm³/mol. The zero-order chi connectivity index (χ0) is 23.6. The number of piperidine rings is 1. The number of hydrogen-bond acceptors (Lipinski definition) is 5. The highest BCUT2D eigenvalue weighted by molar-refractivity contribution is 7.87. The van der Waals surface area contributed by atoms with Gasteiger partial charge in [0, 0.05) is 70.0 Å². The number of pyridine rings is 1. The number of carbonyl (C=O) groups excluding carboxylic acids is 1. The predicted octanol–water partition coefficient (Wildman–Crippen LogP) is 2.47. The molecule has 2 aliphatic rings. The largest absolute Gasteiger partial charge is 0.372 e. The molecule has 1 saturated heterocycles. The molecule has 0 saturated carbocycles. The van der Waals surface area contributed by atoms with Gasteiger partial charge in [0.2, 0.25) is 0 Å². The molecule has 4 rings (SSSR count). The van der Waals surface area contributed by atoms with Crippen LogP contribution in [0.5, 0.6) is 0 Å². The number of fused-ring (bicyclic) bond motifs is 1. The number of aryl methyl sites for hydroxylation is 1. The zero-order valence-corrected chi connectivity index (χ0v) is 20.5. The van der Waals surface area contributed by atoms with E-state index >= 15 is 0 Å². The second-order valence-corrected chi connectivity index (χ2v) is 11.0. The first kappa shape index (κ1) is 23.7. The van der Waals surface area contributed by atoms with E-state index in [4.69, 9.17) is 0 Å². The van der Waals surface area contributed by atoms with Crippen LogP contribution in [0.25, 0.3) is 0 Å². The Morgan fingerprint density at radius 2 is 1.79 bits per heavy atom. The van der Waals surface area contributed by atoms with Crippen LogP contribution in [-0.4, -0.2) is 62.2 Å². The molecule has 0 atom stereocenters. The topological polar surface area (TPSA) is 85.9 Å². The van der Waals surface area contributed by atoms with Crippen molar-refractivity contribution in [3.05, 3.63) is 58.4 Å². The first-order valence-electron chi connectivity index (χ1n) is 11.5. The minimum atomic E-state index is -3.52. The fourth-order valence-corrected chi connectivity index (χ4v) is 5.16. The van der Waals surface area contributed by atoms with Gasteiger partial charge in [0.25, 0.3) is 16.1 Å². The van der Waals surface area contributed by atoms with E-state index in [-0.39, 0.29) is 12.5 Å². The van der Waals surface area contributed by atoms with Crippen LogP contribution in [0.3, 0.4) is 0 Å². The average Bonchev–Trinajstić information content (AvgIpc) is 2.83. The quantitative estimate of drug-likeness (QED) is 0.700. The van der Waals surface area contributed by atoms with Gasteiger partial charge in [-0.25, -0.2) is 0 Å². The third-order valence-corrected chi connectivity index (χ3v) is 8.10. The van der Waals surface area contributed by atoms with Crippen LogP contribution in [0.4, 0.5) is 5.69 Å². The molecule has 178 valence electrons. The maximum atomic E-state index is 13.2. The van der Waals surface area contributed by atoms with Crippen molar-refractivity contribution in [2.24, 2.45) is 0 Å². The number of rotatable bonds is 6. The van der Waals surface area contributed by atoms with Gasteiger partial charge in [0.1, 0.15) is 0 Å². The van der Waals surface area contributed by atoms with Gasteiger partial charge >= 0.3 is 0 Å². The molecule has 3 heterocycles. The van der Waals surface area contributed by atoms with E-state index in [1.54, 1.807) is 0 Å². The number of hydrogen-bond donors (Lipinski definition) is 1. The van der Waals surface area contributed by atoms with Crippen molar-refractivity contribution in [2.75, 3.05) is 38.6 Å². The van der Waals surface area contributed by atoms with E-state index < -0.39 is 10.2 Å². The molecular formula is C24H33N5O3S. The molecule has 1 N–H and O–H groups in total. The minimum Gasteiger partial charge on any atom is -0.372 e. The lowest BCUT2D eigenvalue weighted by atomic mass is 9.94. The van der Waals surface area contributed by atoms with Crippen molar-refractivity contribution in [3.63, 3.8) is 0 Å². The highest BCUT2D eigenvalue weighted by Crippen LogP contribution is 2.26. The van der Waals surface area contributed by atoms with Gasteiger partial charge in [-0.15, -0.1) is 0 Å². The van der Waals surface area contributed by atoms with Crippen molar-refractivity contribution >= 4 is 21.8 Å². The summed E-state index contributed by atoms with van der Waals surface area (Å²) in [5, 5.41) is 0. The Balaban J connectivity index is 1.47. The molecule has 33 heavy (non-hydrogen) atoms. The Labute approximate surface area is 196 Å². The van der Waals surface area contributed by atoms with Gasteiger partial charge < -0.3 is 9.80 Å². The number of benzene rings is 1. The van der Waals surface area contributed by atoms with Crippen LogP contribution in [0, 0.1) is 6.92 Å². The van der Waals surface area contributed by atoms with Crippen molar-refractivity contribution in [1.29, 1.82) is 0 Å². The molecule has 0 spiro atoms. The molecule has 0 radical (unpaired) electrons. The molecule has 1 aromatic carbocycles. The molecule has 0 aliphatic carbocycles. The summed E-state index contributed by atoms with van der Waals surface area (Å²) >= 11 is 0. The molecule has 8 nitrogen and oxygen atoms in total. The summed E-state index contributed by atoms with van der Waals surface area (Å²) in [4.78, 5) is 21.9. The normalized spacial score (nSPS) is 16.7. The van der Waals surface area contributed by atoms with Crippen LogP contribution >= 0.6 is 0 Å². The minimum absolute atomic E-state index is 0.0151. The second-order valence-electron chi connectivity index (χ2n) is 9.01. The summed E-state index contributed by atoms with van der Waals surface area (Å²) in [6.45, 7) is 5.31. The lowest BCUT2D eigenvalue weighted by Crippen LogP contribution is -2.38. The lowest BCUT2D eigenvalue weighted by Gasteiger charge is -2.31. The summed E-state index contributed by atoms with van der Waals surface area (Å²) in [6, 6.07) is 7.96. The van der Waals surface area contributed by atoms with Gasteiger partial charge in [0.05, 0.1) is 0 Å². The molecular weight excluding hydrogens is 438 g/mol. The Morgan fingerprint density at radius 3 is 2.45 bits per heavy atom. The third kappa shape index (κ3) is 5.20. The Hall–Kier alpha value is -2.49. The maximum Gasteiger partial charge on any atom is 0.279 e. The molecule has 1 amide bonds. The molecule has 0 unspecified atom stereocenters. The van der Waals surface area contributed by atoms with Gasteiger partial charge in [-0.3, -0.25) is 9.78 Å². The van der Waals surface area contributed by atoms with Gasteiger partial charge in [-0.2, -0.15) is 17.4 Å². The zero-order valence-electron chi connectivity index (χ0n) is 19.7. The number of carbonyl (C=O) groups is 1. The number of nitrogens with one attached hydrogen (secondary N) is 1. The van der Waals surface area contributed by atoms with Crippen molar-refractivity contribution in [2.45, 2.75) is 45.7 Å². The van der Waals surface area contributed by atoms with E-state index in [1.807, 2.05) is 30.2 Å². The van der Waals surface area contributed by atoms with Crippen molar-refractivity contribution in [3.8, 4) is 0 Å². The standard InChI is InChI=1S/C24H33N5O3S/c1-18-23(16-26-33(31,32)27(2)3)22-11-14-29(17-20(22)15-25-18)24(30)19-7-9-21(10-8-19)28-12-5-4-6-13-28/h7-10,15,26H,4-6,11-14,16-17H2,1-3H3. The van der Waals surface area contributed by atoms with E-state index in [2.05, 4.69) is 26.7 Å². The van der Waals surface area contributed by atoms with Crippen LogP contribution in [0.1, 0.15) is 52.0 Å². The molecule has 1 aromatic heterocycles. The second kappa shape index (κ2) is 9.79. The maximum absolute atomic E-state index is 13.2. The summed E-state index contributed by atoms with van der Waals surface area (Å²) < 4.78 is 28.1. The number of nitrogens with zero attached hydrogens (tertiary/aromatic N) is 4. The molecule has 1 fully saturated rings. The summed E-state index contributed by atoms with van der Waals surface area (Å²) in [5.74, 6) is 0.0151. The van der Waals surface area contributed by atoms with E-state index in [0.29, 0.717) is 25.1 Å². The SMILES string of the molecule is Cc1ncc2c(c1CNS(=O)(=O)N(C)C)CCN(C(=O)c1ccc(N3CCCCC3)cc1)C2. The van der Waals surface area contributed by atoms with E-state index in [0.717, 1.165) is 39.8 Å². The van der Waals surface area contributed by atoms with Crippen molar-refractivity contribution < 1.29 is 13.2 Å². The van der Waals surface area contributed by atoms with Crippen LogP contribution in [0.15, 0.2) is 30.5 Å². The highest BCUT2D eigenvalue weighted by atomic mass is 32.2. The number of anilines is 1. The van der Waals surface area contributed by atoms with E-state index in [1.165, 1.54) is 39.0 Å².